The zero-order chi connectivity index (χ0) is 9.68. The summed E-state index contributed by atoms with van der Waals surface area (Å²) in [6.07, 6.45) is 1.38. The Morgan fingerprint density at radius 3 is 2.62 bits per heavy atom. The summed E-state index contributed by atoms with van der Waals surface area (Å²) in [4.78, 5) is 0. The molecule has 0 atom stereocenters. The topological polar surface area (TPSA) is 40.5 Å². The van der Waals surface area contributed by atoms with Crippen molar-refractivity contribution in [2.24, 2.45) is 0 Å². The molecule has 1 aromatic carbocycles. The highest BCUT2D eigenvalue weighted by Gasteiger charge is 2.01. The Bertz CT molecular complexity index is 274. The van der Waals surface area contributed by atoms with Crippen LogP contribution in [0.3, 0.4) is 0 Å². The molecule has 13 heavy (non-hydrogen) atoms. The van der Waals surface area contributed by atoms with Gasteiger partial charge in [0.15, 0.2) is 0 Å². The van der Waals surface area contributed by atoms with Gasteiger partial charge in [-0.05, 0) is 24.5 Å². The first kappa shape index (κ1) is 10.2. The first-order valence-corrected chi connectivity index (χ1v) is 4.27. The van der Waals surface area contributed by atoms with E-state index in [9.17, 15) is 4.39 Å². The smallest absolute Gasteiger partial charge is 0.128 e. The zero-order valence-electron chi connectivity index (χ0n) is 7.33. The molecule has 2 nitrogen and oxygen atoms in total. The van der Waals surface area contributed by atoms with Gasteiger partial charge in [0.2, 0.25) is 0 Å². The van der Waals surface area contributed by atoms with Crippen molar-refractivity contribution in [3.8, 4) is 0 Å². The lowest BCUT2D eigenvalue weighted by Crippen LogP contribution is -1.94. The molecule has 3 heteroatoms. The van der Waals surface area contributed by atoms with E-state index in [-0.39, 0.29) is 19.0 Å². The number of aliphatic hydroxyl groups excluding tert-OH is 2. The molecule has 1 aromatic rings. The lowest BCUT2D eigenvalue weighted by molar-refractivity contribution is 0.275. The Kier molecular flexibility index (Phi) is 3.86. The van der Waals surface area contributed by atoms with Crippen molar-refractivity contribution in [1.82, 2.24) is 0 Å². The highest BCUT2D eigenvalue weighted by Crippen LogP contribution is 2.11. The molecule has 2 N–H and O–H groups in total. The van der Waals surface area contributed by atoms with Crippen molar-refractivity contribution < 1.29 is 14.6 Å². The van der Waals surface area contributed by atoms with Crippen molar-refractivity contribution >= 4 is 0 Å². The molecule has 72 valence electrons. The second-order valence-electron chi connectivity index (χ2n) is 2.91. The maximum Gasteiger partial charge on any atom is 0.128 e. The van der Waals surface area contributed by atoms with E-state index in [0.29, 0.717) is 18.4 Å². The number of aliphatic hydroxyl groups is 2. The van der Waals surface area contributed by atoms with Crippen LogP contribution >= 0.6 is 0 Å². The molecule has 0 saturated heterocycles. The van der Waals surface area contributed by atoms with Gasteiger partial charge in [-0.25, -0.2) is 4.39 Å². The quantitative estimate of drug-likeness (QED) is 0.739. The molecule has 1 rings (SSSR count). The fourth-order valence-corrected chi connectivity index (χ4v) is 1.19. The van der Waals surface area contributed by atoms with Gasteiger partial charge in [-0.1, -0.05) is 12.1 Å². The van der Waals surface area contributed by atoms with Crippen molar-refractivity contribution in [1.29, 1.82) is 0 Å². The van der Waals surface area contributed by atoms with E-state index in [1.165, 1.54) is 6.07 Å². The van der Waals surface area contributed by atoms with Crippen LogP contribution in [0.4, 0.5) is 4.39 Å². The van der Waals surface area contributed by atoms with Gasteiger partial charge < -0.3 is 10.2 Å². The zero-order valence-corrected chi connectivity index (χ0v) is 7.33. The van der Waals surface area contributed by atoms with E-state index in [4.69, 9.17) is 10.2 Å². The minimum Gasteiger partial charge on any atom is -0.396 e. The SMILES string of the molecule is OCCCc1ccc(F)c(CO)c1. The lowest BCUT2D eigenvalue weighted by atomic mass is 10.1. The average molecular weight is 184 g/mol. The van der Waals surface area contributed by atoms with Crippen molar-refractivity contribution in [2.75, 3.05) is 6.61 Å². The Morgan fingerprint density at radius 2 is 2.00 bits per heavy atom. The standard InChI is InChI=1S/C10H13FO2/c11-10-4-3-8(2-1-5-12)6-9(10)7-13/h3-4,6,12-13H,1-2,5,7H2. The van der Waals surface area contributed by atoms with Gasteiger partial charge >= 0.3 is 0 Å². The van der Waals surface area contributed by atoms with Gasteiger partial charge in [-0.2, -0.15) is 0 Å². The van der Waals surface area contributed by atoms with Gasteiger partial charge in [0.05, 0.1) is 6.61 Å². The summed E-state index contributed by atoms with van der Waals surface area (Å²) in [7, 11) is 0. The van der Waals surface area contributed by atoms with Crippen LogP contribution in [0.15, 0.2) is 18.2 Å². The second kappa shape index (κ2) is 4.94. The van der Waals surface area contributed by atoms with Crippen LogP contribution in [0.25, 0.3) is 0 Å². The van der Waals surface area contributed by atoms with Gasteiger partial charge in [-0.15, -0.1) is 0 Å². The van der Waals surface area contributed by atoms with Crippen LogP contribution in [-0.2, 0) is 13.0 Å². The van der Waals surface area contributed by atoms with Gasteiger partial charge in [0.25, 0.3) is 0 Å². The Balaban J connectivity index is 2.74. The second-order valence-corrected chi connectivity index (χ2v) is 2.91. The van der Waals surface area contributed by atoms with E-state index in [0.717, 1.165) is 5.56 Å². The average Bonchev–Trinajstić information content (AvgIpc) is 2.16. The number of hydrogen-bond donors (Lipinski definition) is 2. The molecule has 0 bridgehead atoms. The number of hydrogen-bond acceptors (Lipinski definition) is 2. The molecular weight excluding hydrogens is 171 g/mol. The molecule has 0 heterocycles. The highest BCUT2D eigenvalue weighted by atomic mass is 19.1. The van der Waals surface area contributed by atoms with E-state index < -0.39 is 0 Å². The van der Waals surface area contributed by atoms with Crippen molar-refractivity contribution in [3.05, 3.63) is 35.1 Å². The van der Waals surface area contributed by atoms with Crippen LogP contribution < -0.4 is 0 Å². The van der Waals surface area contributed by atoms with Crippen LogP contribution in [0.1, 0.15) is 17.5 Å². The Labute approximate surface area is 76.6 Å². The molecule has 0 unspecified atom stereocenters. The molecule has 0 fully saturated rings. The fraction of sp³-hybridized carbons (Fsp3) is 0.400. The number of benzene rings is 1. The summed E-state index contributed by atoms with van der Waals surface area (Å²) in [5.41, 5.74) is 1.26. The summed E-state index contributed by atoms with van der Waals surface area (Å²) < 4.78 is 12.9. The van der Waals surface area contributed by atoms with Crippen LogP contribution in [0.5, 0.6) is 0 Å². The molecule has 0 saturated carbocycles. The number of aryl methyl sites for hydroxylation is 1. The summed E-state index contributed by atoms with van der Waals surface area (Å²) in [5.74, 6) is -0.379. The predicted octanol–water partition coefficient (Wildman–Crippen LogP) is 1.24. The predicted molar refractivity (Wildman–Crippen MR) is 47.7 cm³/mol. The van der Waals surface area contributed by atoms with Crippen LogP contribution in [0.2, 0.25) is 0 Å². The molecule has 0 amide bonds. The Morgan fingerprint density at radius 1 is 1.23 bits per heavy atom. The minimum atomic E-state index is -0.379. The maximum atomic E-state index is 12.9. The van der Waals surface area contributed by atoms with Gasteiger partial charge in [0.1, 0.15) is 5.82 Å². The third-order valence-electron chi connectivity index (χ3n) is 1.90. The first-order valence-electron chi connectivity index (χ1n) is 4.27. The molecule has 0 aliphatic heterocycles. The fourth-order valence-electron chi connectivity index (χ4n) is 1.19. The highest BCUT2D eigenvalue weighted by molar-refractivity contribution is 5.24. The first-order chi connectivity index (χ1) is 6.27. The van der Waals surface area contributed by atoms with Crippen molar-refractivity contribution in [3.63, 3.8) is 0 Å². The summed E-state index contributed by atoms with van der Waals surface area (Å²) in [6, 6.07) is 4.65. The summed E-state index contributed by atoms with van der Waals surface area (Å²) in [6.45, 7) is -0.148. The summed E-state index contributed by atoms with van der Waals surface area (Å²) in [5, 5.41) is 17.4. The molecule has 0 spiro atoms. The normalized spacial score (nSPS) is 10.4. The molecule has 0 aliphatic rings. The third-order valence-corrected chi connectivity index (χ3v) is 1.90. The van der Waals surface area contributed by atoms with Crippen LogP contribution in [-0.4, -0.2) is 16.8 Å². The number of halogens is 1. The molecule has 0 aliphatic carbocycles. The lowest BCUT2D eigenvalue weighted by Gasteiger charge is -2.03. The van der Waals surface area contributed by atoms with Crippen molar-refractivity contribution in [2.45, 2.75) is 19.4 Å². The molecular formula is C10H13FO2. The van der Waals surface area contributed by atoms with E-state index in [1.807, 2.05) is 0 Å². The van der Waals surface area contributed by atoms with Crippen LogP contribution in [0, 0.1) is 5.82 Å². The van der Waals surface area contributed by atoms with Gasteiger partial charge in [-0.3, -0.25) is 0 Å². The number of rotatable bonds is 4. The third kappa shape index (κ3) is 2.79. The largest absolute Gasteiger partial charge is 0.396 e. The van der Waals surface area contributed by atoms with Gasteiger partial charge in [0, 0.05) is 12.2 Å². The monoisotopic (exact) mass is 184 g/mol. The van der Waals surface area contributed by atoms with E-state index in [2.05, 4.69) is 0 Å². The molecule has 0 aromatic heterocycles. The maximum absolute atomic E-state index is 12.9. The molecule has 0 radical (unpaired) electrons. The minimum absolute atomic E-state index is 0.131. The Hall–Kier alpha value is -0.930. The van der Waals surface area contributed by atoms with E-state index in [1.54, 1.807) is 12.1 Å². The summed E-state index contributed by atoms with van der Waals surface area (Å²) >= 11 is 0. The van der Waals surface area contributed by atoms with E-state index >= 15 is 0 Å².